The SMILES string of the molecule is Cc1ccc(NC(=O)Cn2nc(COc3ccccc3)n(Cc3ccccc3)c2=S)cc1. The molecular weight excluding hydrogens is 420 g/mol. The Balaban J connectivity index is 1.55. The fraction of sp³-hybridized carbons (Fsp3) is 0.160. The smallest absolute Gasteiger partial charge is 0.246 e. The molecule has 0 aliphatic carbocycles. The van der Waals surface area contributed by atoms with Crippen molar-refractivity contribution in [2.75, 3.05) is 5.32 Å². The van der Waals surface area contributed by atoms with Crippen LogP contribution in [0.3, 0.4) is 0 Å². The van der Waals surface area contributed by atoms with Crippen molar-refractivity contribution in [3.8, 4) is 5.75 Å². The van der Waals surface area contributed by atoms with Gasteiger partial charge in [0.2, 0.25) is 5.91 Å². The first kappa shape index (κ1) is 21.5. The highest BCUT2D eigenvalue weighted by atomic mass is 32.1. The number of carbonyl (C=O) groups is 1. The molecule has 7 heteroatoms. The van der Waals surface area contributed by atoms with Crippen LogP contribution in [-0.2, 0) is 24.5 Å². The lowest BCUT2D eigenvalue weighted by Gasteiger charge is -2.08. The first-order chi connectivity index (χ1) is 15.6. The average Bonchev–Trinajstić information content (AvgIpc) is 3.09. The van der Waals surface area contributed by atoms with E-state index in [1.165, 1.54) is 0 Å². The molecule has 0 spiro atoms. The number of carbonyl (C=O) groups excluding carboxylic acids is 1. The molecule has 0 atom stereocenters. The predicted molar refractivity (Wildman–Crippen MR) is 127 cm³/mol. The number of hydrogen-bond donors (Lipinski definition) is 1. The zero-order valence-corrected chi connectivity index (χ0v) is 18.6. The molecule has 1 amide bonds. The van der Waals surface area contributed by atoms with E-state index in [4.69, 9.17) is 17.0 Å². The van der Waals surface area contributed by atoms with E-state index in [0.29, 0.717) is 17.1 Å². The van der Waals surface area contributed by atoms with Crippen LogP contribution in [0.5, 0.6) is 5.75 Å². The van der Waals surface area contributed by atoms with Crippen LogP contribution in [0.2, 0.25) is 0 Å². The van der Waals surface area contributed by atoms with Crippen molar-refractivity contribution in [3.63, 3.8) is 0 Å². The Kier molecular flexibility index (Phi) is 6.77. The van der Waals surface area contributed by atoms with Gasteiger partial charge in [-0.3, -0.25) is 9.36 Å². The molecule has 1 heterocycles. The van der Waals surface area contributed by atoms with E-state index in [0.717, 1.165) is 22.6 Å². The Morgan fingerprint density at radius 1 is 0.969 bits per heavy atom. The molecular formula is C25H24N4O2S. The lowest BCUT2D eigenvalue weighted by Crippen LogP contribution is -2.20. The molecule has 162 valence electrons. The minimum Gasteiger partial charge on any atom is -0.486 e. The van der Waals surface area contributed by atoms with Crippen LogP contribution in [0.4, 0.5) is 5.69 Å². The number of aryl methyl sites for hydroxylation is 1. The van der Waals surface area contributed by atoms with Gasteiger partial charge in [-0.05, 0) is 49.0 Å². The van der Waals surface area contributed by atoms with Crippen LogP contribution in [0, 0.1) is 11.7 Å². The highest BCUT2D eigenvalue weighted by Crippen LogP contribution is 2.14. The topological polar surface area (TPSA) is 61.1 Å². The lowest BCUT2D eigenvalue weighted by molar-refractivity contribution is -0.116. The minimum atomic E-state index is -0.190. The van der Waals surface area contributed by atoms with Gasteiger partial charge in [-0.25, -0.2) is 4.68 Å². The Hall–Kier alpha value is -3.71. The molecule has 0 aliphatic heterocycles. The largest absolute Gasteiger partial charge is 0.486 e. The third-order valence-electron chi connectivity index (χ3n) is 4.92. The first-order valence-electron chi connectivity index (χ1n) is 10.3. The maximum atomic E-state index is 12.6. The van der Waals surface area contributed by atoms with Crippen molar-refractivity contribution in [2.24, 2.45) is 0 Å². The van der Waals surface area contributed by atoms with Crippen LogP contribution < -0.4 is 10.1 Å². The van der Waals surface area contributed by atoms with Gasteiger partial charge in [0.25, 0.3) is 0 Å². The molecule has 0 radical (unpaired) electrons. The molecule has 4 rings (SSSR count). The Morgan fingerprint density at radius 2 is 1.62 bits per heavy atom. The number of para-hydroxylation sites is 1. The molecule has 0 aliphatic rings. The number of nitrogens with one attached hydrogen (secondary N) is 1. The van der Waals surface area contributed by atoms with Gasteiger partial charge >= 0.3 is 0 Å². The summed E-state index contributed by atoms with van der Waals surface area (Å²) >= 11 is 5.67. The number of hydrogen-bond acceptors (Lipinski definition) is 4. The van der Waals surface area contributed by atoms with Crippen molar-refractivity contribution in [3.05, 3.63) is 107 Å². The van der Waals surface area contributed by atoms with Gasteiger partial charge < -0.3 is 10.1 Å². The summed E-state index contributed by atoms with van der Waals surface area (Å²) in [6.07, 6.45) is 0. The number of rotatable bonds is 8. The highest BCUT2D eigenvalue weighted by molar-refractivity contribution is 7.71. The summed E-state index contributed by atoms with van der Waals surface area (Å²) < 4.78 is 9.84. The molecule has 0 saturated carbocycles. The number of amides is 1. The summed E-state index contributed by atoms with van der Waals surface area (Å²) in [6, 6.07) is 27.2. The van der Waals surface area contributed by atoms with Crippen molar-refractivity contribution in [1.29, 1.82) is 0 Å². The zero-order valence-electron chi connectivity index (χ0n) is 17.8. The average molecular weight is 445 g/mol. The van der Waals surface area contributed by atoms with E-state index >= 15 is 0 Å². The van der Waals surface area contributed by atoms with E-state index in [9.17, 15) is 4.79 Å². The van der Waals surface area contributed by atoms with Crippen LogP contribution >= 0.6 is 12.2 Å². The summed E-state index contributed by atoms with van der Waals surface area (Å²) in [6.45, 7) is 2.82. The normalized spacial score (nSPS) is 10.7. The maximum Gasteiger partial charge on any atom is 0.246 e. The molecule has 1 N–H and O–H groups in total. The van der Waals surface area contributed by atoms with Gasteiger partial charge in [0.05, 0.1) is 6.54 Å². The number of ether oxygens (including phenoxy) is 1. The monoisotopic (exact) mass is 444 g/mol. The third-order valence-corrected chi connectivity index (χ3v) is 5.35. The van der Waals surface area contributed by atoms with E-state index < -0.39 is 0 Å². The molecule has 3 aromatic carbocycles. The minimum absolute atomic E-state index is 0.0207. The first-order valence-corrected chi connectivity index (χ1v) is 10.7. The summed E-state index contributed by atoms with van der Waals surface area (Å²) in [4.78, 5) is 12.6. The summed E-state index contributed by atoms with van der Waals surface area (Å²) in [7, 11) is 0. The van der Waals surface area contributed by atoms with Crippen molar-refractivity contribution in [2.45, 2.75) is 26.6 Å². The molecule has 6 nitrogen and oxygen atoms in total. The Labute approximate surface area is 192 Å². The van der Waals surface area contributed by atoms with Gasteiger partial charge in [0.1, 0.15) is 18.9 Å². The van der Waals surface area contributed by atoms with E-state index in [-0.39, 0.29) is 19.1 Å². The van der Waals surface area contributed by atoms with Crippen LogP contribution in [0.25, 0.3) is 0 Å². The quantitative estimate of drug-likeness (QED) is 0.389. The second-order valence-electron chi connectivity index (χ2n) is 7.44. The maximum absolute atomic E-state index is 12.6. The molecule has 0 saturated heterocycles. The highest BCUT2D eigenvalue weighted by Gasteiger charge is 2.15. The van der Waals surface area contributed by atoms with E-state index in [2.05, 4.69) is 10.4 Å². The summed E-state index contributed by atoms with van der Waals surface area (Å²) in [5.41, 5.74) is 2.96. The van der Waals surface area contributed by atoms with Crippen LogP contribution in [0.1, 0.15) is 17.0 Å². The number of benzene rings is 3. The zero-order chi connectivity index (χ0) is 22.3. The van der Waals surface area contributed by atoms with Gasteiger partial charge in [-0.15, -0.1) is 0 Å². The number of nitrogens with zero attached hydrogens (tertiary/aromatic N) is 3. The van der Waals surface area contributed by atoms with Gasteiger partial charge in [-0.2, -0.15) is 5.10 Å². The third kappa shape index (κ3) is 5.50. The molecule has 1 aromatic heterocycles. The van der Waals surface area contributed by atoms with E-state index in [1.807, 2.05) is 96.4 Å². The molecule has 0 fully saturated rings. The molecule has 0 unspecified atom stereocenters. The second kappa shape index (κ2) is 10.1. The predicted octanol–water partition coefficient (Wildman–Crippen LogP) is 4.99. The molecule has 0 bridgehead atoms. The van der Waals surface area contributed by atoms with Crippen molar-refractivity contribution in [1.82, 2.24) is 14.3 Å². The fourth-order valence-electron chi connectivity index (χ4n) is 3.26. The molecule has 4 aromatic rings. The second-order valence-corrected chi connectivity index (χ2v) is 7.81. The van der Waals surface area contributed by atoms with E-state index in [1.54, 1.807) is 4.68 Å². The molecule has 32 heavy (non-hydrogen) atoms. The van der Waals surface area contributed by atoms with Crippen LogP contribution in [0.15, 0.2) is 84.9 Å². The summed E-state index contributed by atoms with van der Waals surface area (Å²) in [5, 5.41) is 7.50. The number of anilines is 1. The van der Waals surface area contributed by atoms with Crippen LogP contribution in [-0.4, -0.2) is 20.3 Å². The van der Waals surface area contributed by atoms with Crippen molar-refractivity contribution >= 4 is 23.8 Å². The standard InChI is InChI=1S/C25H24N4O2S/c1-19-12-14-21(15-13-19)26-24(30)17-29-25(32)28(16-20-8-4-2-5-9-20)23(27-29)18-31-22-10-6-3-7-11-22/h2-15H,16-18H2,1H3,(H,26,30). The summed E-state index contributed by atoms with van der Waals surface area (Å²) in [5.74, 6) is 1.21. The van der Waals surface area contributed by atoms with Gasteiger partial charge in [0, 0.05) is 5.69 Å². The Bertz CT molecular complexity index is 1230. The number of aromatic nitrogens is 3. The lowest BCUT2D eigenvalue weighted by atomic mass is 10.2. The fourth-order valence-corrected chi connectivity index (χ4v) is 3.53. The van der Waals surface area contributed by atoms with Gasteiger partial charge in [-0.1, -0.05) is 66.2 Å². The van der Waals surface area contributed by atoms with Crippen molar-refractivity contribution < 1.29 is 9.53 Å². The van der Waals surface area contributed by atoms with Gasteiger partial charge in [0.15, 0.2) is 10.6 Å². The Morgan fingerprint density at radius 3 is 2.31 bits per heavy atom.